The van der Waals surface area contributed by atoms with Gasteiger partial charge in [0.25, 0.3) is 0 Å². The van der Waals surface area contributed by atoms with Gasteiger partial charge in [-0.2, -0.15) is 0 Å². The second-order valence-corrected chi connectivity index (χ2v) is 6.54. The van der Waals surface area contributed by atoms with Crippen LogP contribution < -0.4 is 5.73 Å². The molecule has 20 heavy (non-hydrogen) atoms. The summed E-state index contributed by atoms with van der Waals surface area (Å²) in [6.07, 6.45) is 5.26. The molecule has 0 aliphatic heterocycles. The number of halogens is 1. The van der Waals surface area contributed by atoms with Gasteiger partial charge in [0.05, 0.1) is 11.3 Å². The molecule has 3 atom stereocenters. The standard InChI is InChI=1S/C16H17ClN2O/c17-12-3-1-2-11(8-12)14-15(19-20-16(14)18)13-7-9-4-5-10(13)6-9/h1-3,8-10,13H,4-7,18H2. The van der Waals surface area contributed by atoms with E-state index in [1.54, 1.807) is 0 Å². The quantitative estimate of drug-likeness (QED) is 0.886. The second kappa shape index (κ2) is 4.52. The molecular formula is C16H17ClN2O. The van der Waals surface area contributed by atoms with Crippen molar-refractivity contribution in [2.45, 2.75) is 31.6 Å². The van der Waals surface area contributed by atoms with Gasteiger partial charge in [0, 0.05) is 10.9 Å². The molecule has 1 heterocycles. The molecule has 1 aromatic heterocycles. The second-order valence-electron chi connectivity index (χ2n) is 6.10. The van der Waals surface area contributed by atoms with E-state index < -0.39 is 0 Å². The van der Waals surface area contributed by atoms with Crippen molar-refractivity contribution in [3.8, 4) is 11.1 Å². The lowest BCUT2D eigenvalue weighted by Crippen LogP contribution is -2.10. The van der Waals surface area contributed by atoms with Crippen LogP contribution in [0.5, 0.6) is 0 Å². The Hall–Kier alpha value is -1.48. The van der Waals surface area contributed by atoms with Gasteiger partial charge in [0.1, 0.15) is 0 Å². The normalized spacial score (nSPS) is 28.1. The molecular weight excluding hydrogens is 272 g/mol. The first-order valence-electron chi connectivity index (χ1n) is 7.23. The lowest BCUT2D eigenvalue weighted by molar-refractivity contribution is 0.375. The number of fused-ring (bicyclic) bond motifs is 2. The van der Waals surface area contributed by atoms with E-state index in [-0.39, 0.29) is 0 Å². The first-order chi connectivity index (χ1) is 9.72. The van der Waals surface area contributed by atoms with Gasteiger partial charge in [0.2, 0.25) is 5.88 Å². The summed E-state index contributed by atoms with van der Waals surface area (Å²) in [5.41, 5.74) is 9.01. The predicted octanol–water partition coefficient (Wildman–Crippen LogP) is 4.48. The van der Waals surface area contributed by atoms with E-state index in [0.717, 1.165) is 28.7 Å². The Morgan fingerprint density at radius 3 is 2.85 bits per heavy atom. The van der Waals surface area contributed by atoms with Crippen molar-refractivity contribution >= 4 is 17.5 Å². The molecule has 2 aromatic rings. The number of anilines is 1. The highest BCUT2D eigenvalue weighted by Gasteiger charge is 2.43. The number of hydrogen-bond donors (Lipinski definition) is 1. The average Bonchev–Trinajstić information content (AvgIpc) is 3.12. The molecule has 3 nitrogen and oxygen atoms in total. The van der Waals surface area contributed by atoms with Crippen LogP contribution >= 0.6 is 11.6 Å². The minimum atomic E-state index is 0.407. The van der Waals surface area contributed by atoms with Crippen LogP contribution in [0.25, 0.3) is 11.1 Å². The Morgan fingerprint density at radius 2 is 2.15 bits per heavy atom. The average molecular weight is 289 g/mol. The summed E-state index contributed by atoms with van der Waals surface area (Å²) >= 11 is 6.10. The molecule has 0 saturated heterocycles. The van der Waals surface area contributed by atoms with E-state index in [1.807, 2.05) is 24.3 Å². The predicted molar refractivity (Wildman–Crippen MR) is 79.6 cm³/mol. The molecule has 2 fully saturated rings. The molecule has 2 aliphatic carbocycles. The topological polar surface area (TPSA) is 52.0 Å². The Kier molecular flexibility index (Phi) is 2.77. The Balaban J connectivity index is 1.78. The molecule has 0 radical (unpaired) electrons. The minimum Gasteiger partial charge on any atom is -0.367 e. The highest BCUT2D eigenvalue weighted by molar-refractivity contribution is 6.30. The van der Waals surface area contributed by atoms with Gasteiger partial charge in [-0.1, -0.05) is 35.3 Å². The minimum absolute atomic E-state index is 0.407. The van der Waals surface area contributed by atoms with Crippen LogP contribution in [0.1, 0.15) is 37.3 Å². The van der Waals surface area contributed by atoms with Crippen molar-refractivity contribution in [3.63, 3.8) is 0 Å². The fourth-order valence-electron chi connectivity index (χ4n) is 4.08. The largest absolute Gasteiger partial charge is 0.367 e. The molecule has 2 N–H and O–H groups in total. The number of nitrogens with two attached hydrogens (primary N) is 1. The zero-order valence-corrected chi connectivity index (χ0v) is 11.9. The molecule has 104 valence electrons. The number of nitrogen functional groups attached to an aromatic ring is 1. The van der Waals surface area contributed by atoms with Crippen molar-refractivity contribution in [3.05, 3.63) is 35.0 Å². The van der Waals surface area contributed by atoms with Gasteiger partial charge < -0.3 is 10.3 Å². The van der Waals surface area contributed by atoms with Gasteiger partial charge >= 0.3 is 0 Å². The van der Waals surface area contributed by atoms with E-state index in [1.165, 1.54) is 25.7 Å². The fraction of sp³-hybridized carbons (Fsp3) is 0.438. The van der Waals surface area contributed by atoms with Crippen molar-refractivity contribution < 1.29 is 4.52 Å². The van der Waals surface area contributed by atoms with E-state index >= 15 is 0 Å². The maximum Gasteiger partial charge on any atom is 0.230 e. The lowest BCUT2D eigenvalue weighted by Gasteiger charge is -2.20. The summed E-state index contributed by atoms with van der Waals surface area (Å²) in [4.78, 5) is 0. The summed E-state index contributed by atoms with van der Waals surface area (Å²) in [6, 6.07) is 7.76. The molecule has 4 heteroatoms. The van der Waals surface area contributed by atoms with Crippen LogP contribution in [0.3, 0.4) is 0 Å². The van der Waals surface area contributed by atoms with Crippen molar-refractivity contribution in [2.75, 3.05) is 5.73 Å². The number of rotatable bonds is 2. The molecule has 3 unspecified atom stereocenters. The third-order valence-electron chi connectivity index (χ3n) is 4.95. The number of hydrogen-bond acceptors (Lipinski definition) is 3. The van der Waals surface area contributed by atoms with Gasteiger partial charge in [-0.3, -0.25) is 0 Å². The van der Waals surface area contributed by atoms with Crippen LogP contribution in [0.15, 0.2) is 28.8 Å². The molecule has 2 saturated carbocycles. The van der Waals surface area contributed by atoms with Gasteiger partial charge in [0.15, 0.2) is 0 Å². The van der Waals surface area contributed by atoms with Crippen LogP contribution in [0.2, 0.25) is 5.02 Å². The van der Waals surface area contributed by atoms with Gasteiger partial charge in [-0.25, -0.2) is 0 Å². The van der Waals surface area contributed by atoms with Crippen LogP contribution in [-0.4, -0.2) is 5.16 Å². The zero-order valence-electron chi connectivity index (χ0n) is 11.2. The number of benzene rings is 1. The monoisotopic (exact) mass is 288 g/mol. The molecule has 0 spiro atoms. The Bertz CT molecular complexity index is 652. The summed E-state index contributed by atoms with van der Waals surface area (Å²) in [7, 11) is 0. The lowest BCUT2D eigenvalue weighted by atomic mass is 9.84. The van der Waals surface area contributed by atoms with Crippen molar-refractivity contribution in [1.29, 1.82) is 0 Å². The maximum absolute atomic E-state index is 6.10. The van der Waals surface area contributed by atoms with Crippen LogP contribution in [-0.2, 0) is 0 Å². The van der Waals surface area contributed by atoms with E-state index in [4.69, 9.17) is 21.9 Å². The molecule has 0 amide bonds. The highest BCUT2D eigenvalue weighted by Crippen LogP contribution is 2.54. The van der Waals surface area contributed by atoms with E-state index in [0.29, 0.717) is 16.8 Å². The summed E-state index contributed by atoms with van der Waals surface area (Å²) in [5, 5.41) is 4.99. The highest BCUT2D eigenvalue weighted by atomic mass is 35.5. The summed E-state index contributed by atoms with van der Waals surface area (Å²) < 4.78 is 5.29. The summed E-state index contributed by atoms with van der Waals surface area (Å²) in [5.74, 6) is 2.53. The van der Waals surface area contributed by atoms with Crippen molar-refractivity contribution in [2.24, 2.45) is 11.8 Å². The Morgan fingerprint density at radius 1 is 1.25 bits per heavy atom. The van der Waals surface area contributed by atoms with E-state index in [2.05, 4.69) is 5.16 Å². The van der Waals surface area contributed by atoms with Gasteiger partial charge in [-0.05, 0) is 48.8 Å². The smallest absolute Gasteiger partial charge is 0.230 e. The SMILES string of the molecule is Nc1onc(C2CC3CCC2C3)c1-c1cccc(Cl)c1. The fourth-order valence-corrected chi connectivity index (χ4v) is 4.27. The number of nitrogens with zero attached hydrogens (tertiary/aromatic N) is 1. The van der Waals surface area contributed by atoms with Gasteiger partial charge in [-0.15, -0.1) is 0 Å². The van der Waals surface area contributed by atoms with Crippen LogP contribution in [0.4, 0.5) is 5.88 Å². The molecule has 4 rings (SSSR count). The number of aromatic nitrogens is 1. The maximum atomic E-state index is 6.10. The Labute approximate surface area is 123 Å². The molecule has 2 aliphatic rings. The zero-order chi connectivity index (χ0) is 13.7. The third-order valence-corrected chi connectivity index (χ3v) is 5.18. The molecule has 2 bridgehead atoms. The molecule has 1 aromatic carbocycles. The first kappa shape index (κ1) is 12.3. The van der Waals surface area contributed by atoms with E-state index in [9.17, 15) is 0 Å². The van der Waals surface area contributed by atoms with Crippen molar-refractivity contribution in [1.82, 2.24) is 5.16 Å². The van der Waals surface area contributed by atoms with Crippen LogP contribution in [0, 0.1) is 11.8 Å². The third kappa shape index (κ3) is 1.84. The summed E-state index contributed by atoms with van der Waals surface area (Å²) in [6.45, 7) is 0. The first-order valence-corrected chi connectivity index (χ1v) is 7.61.